The number of hydrogen-bond donors (Lipinski definition) is 2. The number of nitrogens with zero attached hydrogens (tertiary/aromatic N) is 2. The molecule has 3 rings (SSSR count). The van der Waals surface area contributed by atoms with Gasteiger partial charge in [0.15, 0.2) is 0 Å². The average molecular weight is 355 g/mol. The zero-order valence-electron chi connectivity index (χ0n) is 13.9. The highest BCUT2D eigenvalue weighted by molar-refractivity contribution is 7.80. The van der Waals surface area contributed by atoms with Gasteiger partial charge in [-0.25, -0.2) is 0 Å². The molecule has 130 valence electrons. The summed E-state index contributed by atoms with van der Waals surface area (Å²) in [5.41, 5.74) is 1.22. The van der Waals surface area contributed by atoms with E-state index < -0.39 is 0 Å². The van der Waals surface area contributed by atoms with Crippen molar-refractivity contribution in [2.45, 2.75) is 17.7 Å². The Morgan fingerprint density at radius 1 is 1.16 bits per heavy atom. The van der Waals surface area contributed by atoms with E-state index in [1.165, 1.54) is 0 Å². The summed E-state index contributed by atoms with van der Waals surface area (Å²) in [6.45, 7) is 2.03. The number of thiol groups is 1. The van der Waals surface area contributed by atoms with Crippen LogP contribution >= 0.6 is 12.6 Å². The SMILES string of the molecule is O=C(NCC1CCN(C(=O)c2cccnc2)CC1)c1ccccc1S. The maximum Gasteiger partial charge on any atom is 0.255 e. The second-order valence-corrected chi connectivity index (χ2v) is 6.69. The number of aromatic nitrogens is 1. The van der Waals surface area contributed by atoms with Crippen LogP contribution in [0.3, 0.4) is 0 Å². The Balaban J connectivity index is 1.47. The van der Waals surface area contributed by atoms with Crippen molar-refractivity contribution < 1.29 is 9.59 Å². The summed E-state index contributed by atoms with van der Waals surface area (Å²) in [5.74, 6) is 0.313. The lowest BCUT2D eigenvalue weighted by Gasteiger charge is -2.32. The smallest absolute Gasteiger partial charge is 0.255 e. The quantitative estimate of drug-likeness (QED) is 0.829. The van der Waals surface area contributed by atoms with Gasteiger partial charge in [-0.05, 0) is 43.0 Å². The third kappa shape index (κ3) is 4.39. The van der Waals surface area contributed by atoms with Crippen molar-refractivity contribution in [3.8, 4) is 0 Å². The first kappa shape index (κ1) is 17.5. The Morgan fingerprint density at radius 3 is 2.60 bits per heavy atom. The molecule has 0 bridgehead atoms. The Morgan fingerprint density at radius 2 is 1.92 bits per heavy atom. The van der Waals surface area contributed by atoms with Crippen LogP contribution in [0.4, 0.5) is 0 Å². The zero-order chi connectivity index (χ0) is 17.6. The number of carbonyl (C=O) groups is 2. The molecule has 0 unspecified atom stereocenters. The molecule has 1 aromatic heterocycles. The van der Waals surface area contributed by atoms with Crippen molar-refractivity contribution in [1.82, 2.24) is 15.2 Å². The minimum Gasteiger partial charge on any atom is -0.352 e. The standard InChI is InChI=1S/C19H21N3O2S/c23-18(16-5-1-2-6-17(16)25)21-12-14-7-10-22(11-8-14)19(24)15-4-3-9-20-13-15/h1-6,9,13-14,25H,7-8,10-12H2,(H,21,23). The van der Waals surface area contributed by atoms with Gasteiger partial charge in [0.1, 0.15) is 0 Å². The van der Waals surface area contributed by atoms with E-state index in [2.05, 4.69) is 22.9 Å². The lowest BCUT2D eigenvalue weighted by molar-refractivity contribution is 0.0684. The van der Waals surface area contributed by atoms with E-state index in [-0.39, 0.29) is 11.8 Å². The third-order valence-corrected chi connectivity index (χ3v) is 4.90. The minimum atomic E-state index is -0.0977. The maximum atomic E-state index is 12.4. The number of nitrogens with one attached hydrogen (secondary N) is 1. The summed E-state index contributed by atoms with van der Waals surface area (Å²) in [7, 11) is 0. The number of amides is 2. The molecule has 1 aromatic carbocycles. The van der Waals surface area contributed by atoms with Crippen LogP contribution in [-0.2, 0) is 0 Å². The summed E-state index contributed by atoms with van der Waals surface area (Å²) in [5, 5.41) is 2.98. The van der Waals surface area contributed by atoms with Crippen molar-refractivity contribution in [3.63, 3.8) is 0 Å². The fraction of sp³-hybridized carbons (Fsp3) is 0.316. The number of pyridine rings is 1. The van der Waals surface area contributed by atoms with Crippen molar-refractivity contribution >= 4 is 24.4 Å². The summed E-state index contributed by atoms with van der Waals surface area (Å²) in [6, 6.07) is 10.8. The molecule has 2 amide bonds. The minimum absolute atomic E-state index is 0.0274. The molecule has 1 fully saturated rings. The Hall–Kier alpha value is -2.34. The van der Waals surface area contributed by atoms with Crippen molar-refractivity contribution in [2.24, 2.45) is 5.92 Å². The van der Waals surface area contributed by atoms with Gasteiger partial charge in [0.05, 0.1) is 11.1 Å². The van der Waals surface area contributed by atoms with Gasteiger partial charge in [-0.2, -0.15) is 0 Å². The van der Waals surface area contributed by atoms with Gasteiger partial charge in [-0.3, -0.25) is 14.6 Å². The van der Waals surface area contributed by atoms with Crippen LogP contribution in [0.1, 0.15) is 33.6 Å². The molecule has 0 atom stereocenters. The van der Waals surface area contributed by atoms with E-state index in [1.54, 1.807) is 36.7 Å². The third-order valence-electron chi connectivity index (χ3n) is 4.51. The molecule has 0 saturated carbocycles. The summed E-state index contributed by atoms with van der Waals surface area (Å²) in [4.78, 5) is 31.2. The number of hydrogen-bond acceptors (Lipinski definition) is 4. The van der Waals surface area contributed by atoms with E-state index in [9.17, 15) is 9.59 Å². The Labute approximate surface area is 152 Å². The van der Waals surface area contributed by atoms with Crippen LogP contribution in [0, 0.1) is 5.92 Å². The molecule has 1 N–H and O–H groups in total. The molecule has 1 aliphatic heterocycles. The Kier molecular flexibility index (Phi) is 5.71. The summed E-state index contributed by atoms with van der Waals surface area (Å²) < 4.78 is 0. The average Bonchev–Trinajstić information content (AvgIpc) is 2.67. The molecule has 25 heavy (non-hydrogen) atoms. The molecule has 6 heteroatoms. The number of carbonyl (C=O) groups excluding carboxylic acids is 2. The highest BCUT2D eigenvalue weighted by Gasteiger charge is 2.24. The van der Waals surface area contributed by atoms with Crippen LogP contribution < -0.4 is 5.32 Å². The molecule has 2 aromatic rings. The fourth-order valence-corrected chi connectivity index (χ4v) is 3.27. The van der Waals surface area contributed by atoms with E-state index in [0.717, 1.165) is 12.8 Å². The van der Waals surface area contributed by atoms with Gasteiger partial charge >= 0.3 is 0 Å². The van der Waals surface area contributed by atoms with Gasteiger partial charge in [-0.15, -0.1) is 12.6 Å². The maximum absolute atomic E-state index is 12.4. The predicted molar refractivity (Wildman–Crippen MR) is 98.9 cm³/mol. The molecule has 5 nitrogen and oxygen atoms in total. The molecule has 2 heterocycles. The first-order valence-electron chi connectivity index (χ1n) is 8.40. The lowest BCUT2D eigenvalue weighted by atomic mass is 9.96. The van der Waals surface area contributed by atoms with E-state index in [1.807, 2.05) is 17.0 Å². The summed E-state index contributed by atoms with van der Waals surface area (Å²) >= 11 is 4.32. The largest absolute Gasteiger partial charge is 0.352 e. The fourth-order valence-electron chi connectivity index (χ4n) is 3.01. The van der Waals surface area contributed by atoms with Gasteiger partial charge in [0.2, 0.25) is 0 Å². The molecule has 0 radical (unpaired) electrons. The van der Waals surface area contributed by atoms with E-state index in [4.69, 9.17) is 0 Å². The molecule has 1 saturated heterocycles. The first-order valence-corrected chi connectivity index (χ1v) is 8.85. The number of benzene rings is 1. The molecular formula is C19H21N3O2S. The predicted octanol–water partition coefficient (Wildman–Crippen LogP) is 2.65. The highest BCUT2D eigenvalue weighted by Crippen LogP contribution is 2.19. The zero-order valence-corrected chi connectivity index (χ0v) is 14.8. The normalized spacial score (nSPS) is 15.0. The second-order valence-electron chi connectivity index (χ2n) is 6.20. The first-order chi connectivity index (χ1) is 12.1. The van der Waals surface area contributed by atoms with Gasteiger partial charge in [0.25, 0.3) is 11.8 Å². The van der Waals surface area contributed by atoms with Crippen LogP contribution in [-0.4, -0.2) is 41.3 Å². The van der Waals surface area contributed by atoms with E-state index >= 15 is 0 Å². The van der Waals surface area contributed by atoms with Crippen LogP contribution in [0.5, 0.6) is 0 Å². The monoisotopic (exact) mass is 355 g/mol. The highest BCUT2D eigenvalue weighted by atomic mass is 32.1. The van der Waals surface area contributed by atoms with Gasteiger partial charge in [-0.1, -0.05) is 12.1 Å². The molecular weight excluding hydrogens is 334 g/mol. The van der Waals surface area contributed by atoms with Crippen LogP contribution in [0.2, 0.25) is 0 Å². The summed E-state index contributed by atoms with van der Waals surface area (Å²) in [6.07, 6.45) is 5.03. The topological polar surface area (TPSA) is 62.3 Å². The van der Waals surface area contributed by atoms with Gasteiger partial charge in [0, 0.05) is 36.9 Å². The van der Waals surface area contributed by atoms with Crippen LogP contribution in [0.25, 0.3) is 0 Å². The lowest BCUT2D eigenvalue weighted by Crippen LogP contribution is -2.41. The van der Waals surface area contributed by atoms with Crippen LogP contribution in [0.15, 0.2) is 53.7 Å². The number of rotatable bonds is 4. The number of likely N-dealkylation sites (tertiary alicyclic amines) is 1. The number of piperidine rings is 1. The molecule has 0 aliphatic carbocycles. The molecule has 1 aliphatic rings. The van der Waals surface area contributed by atoms with Gasteiger partial charge < -0.3 is 10.2 Å². The second kappa shape index (κ2) is 8.16. The van der Waals surface area contributed by atoms with Crippen molar-refractivity contribution in [3.05, 3.63) is 59.9 Å². The Bertz CT molecular complexity index is 743. The van der Waals surface area contributed by atoms with E-state index in [0.29, 0.717) is 41.6 Å². The van der Waals surface area contributed by atoms with Crippen molar-refractivity contribution in [2.75, 3.05) is 19.6 Å². The molecule has 0 spiro atoms. The van der Waals surface area contributed by atoms with Crippen molar-refractivity contribution in [1.29, 1.82) is 0 Å².